The van der Waals surface area contributed by atoms with E-state index < -0.39 is 22.8 Å². The molecule has 1 fully saturated rings. The van der Waals surface area contributed by atoms with Crippen LogP contribution in [0.15, 0.2) is 59.2 Å². The summed E-state index contributed by atoms with van der Waals surface area (Å²) in [6.07, 6.45) is 4.84. The molecule has 1 aliphatic heterocycles. The van der Waals surface area contributed by atoms with Gasteiger partial charge in [-0.2, -0.15) is 5.26 Å². The third kappa shape index (κ3) is 4.60. The fourth-order valence-corrected chi connectivity index (χ4v) is 5.33. The largest absolute Gasteiger partial charge is 0.477 e. The van der Waals surface area contributed by atoms with E-state index in [9.17, 15) is 24.8 Å². The topological polar surface area (TPSA) is 112 Å². The molecule has 1 amide bonds. The number of rotatable bonds is 6. The number of anilines is 1. The lowest BCUT2D eigenvalue weighted by molar-refractivity contribution is -0.126. The molecule has 0 unspecified atom stereocenters. The molecule has 0 spiro atoms. The van der Waals surface area contributed by atoms with Gasteiger partial charge in [-0.05, 0) is 38.1 Å². The van der Waals surface area contributed by atoms with Gasteiger partial charge in [-0.25, -0.2) is 9.18 Å². The van der Waals surface area contributed by atoms with Gasteiger partial charge < -0.3 is 24.0 Å². The van der Waals surface area contributed by atoms with Gasteiger partial charge in [0.25, 0.3) is 5.91 Å². The number of aromatic nitrogens is 2. The molecule has 1 N–H and O–H groups in total. The minimum atomic E-state index is -1.36. The molecule has 2 aromatic carbocycles. The Morgan fingerprint density at radius 1 is 1.00 bits per heavy atom. The molecule has 1 aliphatic rings. The summed E-state index contributed by atoms with van der Waals surface area (Å²) in [6, 6.07) is 12.5. The van der Waals surface area contributed by atoms with Crippen molar-refractivity contribution in [3.8, 4) is 6.07 Å². The van der Waals surface area contributed by atoms with Crippen molar-refractivity contribution in [1.29, 1.82) is 5.26 Å². The summed E-state index contributed by atoms with van der Waals surface area (Å²) in [6.45, 7) is 6.20. The summed E-state index contributed by atoms with van der Waals surface area (Å²) in [5, 5.41) is 20.2. The molecule has 10 heteroatoms. The Morgan fingerprint density at radius 2 is 1.68 bits per heavy atom. The van der Waals surface area contributed by atoms with E-state index in [0.29, 0.717) is 25.2 Å². The first-order valence-corrected chi connectivity index (χ1v) is 13.1. The molecular formula is C30H28FN5O4. The molecule has 1 saturated heterocycles. The molecule has 0 saturated carbocycles. The number of aromatic carboxylic acids is 1. The number of benzene rings is 2. The van der Waals surface area contributed by atoms with Crippen molar-refractivity contribution >= 4 is 45.4 Å². The van der Waals surface area contributed by atoms with Crippen molar-refractivity contribution < 1.29 is 19.1 Å². The number of fused-ring (bicyclic) bond motifs is 2. The minimum absolute atomic E-state index is 0.00467. The van der Waals surface area contributed by atoms with Crippen LogP contribution in [0.5, 0.6) is 0 Å². The molecular weight excluding hydrogens is 513 g/mol. The predicted octanol–water partition coefficient (Wildman–Crippen LogP) is 4.09. The fourth-order valence-electron chi connectivity index (χ4n) is 5.33. The number of nitriles is 1. The number of pyridine rings is 1. The van der Waals surface area contributed by atoms with Gasteiger partial charge in [0, 0.05) is 73.5 Å². The van der Waals surface area contributed by atoms with Gasteiger partial charge in [0.2, 0.25) is 5.43 Å². The smallest absolute Gasteiger partial charge is 0.341 e. The number of piperazine rings is 1. The number of hydrogen-bond acceptors (Lipinski definition) is 5. The zero-order valence-corrected chi connectivity index (χ0v) is 22.2. The second-order valence-electron chi connectivity index (χ2n) is 9.62. The Kier molecular flexibility index (Phi) is 7.13. The van der Waals surface area contributed by atoms with Crippen molar-refractivity contribution in [1.82, 2.24) is 14.0 Å². The summed E-state index contributed by atoms with van der Waals surface area (Å²) < 4.78 is 18.9. The lowest BCUT2D eigenvalue weighted by Gasteiger charge is -2.36. The van der Waals surface area contributed by atoms with Crippen LogP contribution in [0.25, 0.3) is 27.9 Å². The number of para-hydroxylation sites is 1. The Labute approximate surface area is 229 Å². The number of aryl methyl sites for hydroxylation is 2. The van der Waals surface area contributed by atoms with Crippen LogP contribution in [0.1, 0.15) is 29.8 Å². The zero-order valence-electron chi connectivity index (χ0n) is 22.2. The number of hydrogen-bond donors (Lipinski definition) is 1. The van der Waals surface area contributed by atoms with Crippen molar-refractivity contribution in [2.45, 2.75) is 26.9 Å². The number of nitrogens with zero attached hydrogens (tertiary/aromatic N) is 5. The minimum Gasteiger partial charge on any atom is -0.477 e. The van der Waals surface area contributed by atoms with E-state index in [1.807, 2.05) is 44.3 Å². The van der Waals surface area contributed by atoms with Crippen LogP contribution in [0, 0.1) is 17.1 Å². The molecule has 5 rings (SSSR count). The second kappa shape index (κ2) is 10.7. The molecule has 3 heterocycles. The van der Waals surface area contributed by atoms with Gasteiger partial charge in [0.05, 0.1) is 11.2 Å². The first kappa shape index (κ1) is 26.7. The first-order valence-electron chi connectivity index (χ1n) is 13.1. The first-order chi connectivity index (χ1) is 19.3. The molecule has 0 radical (unpaired) electrons. The van der Waals surface area contributed by atoms with Gasteiger partial charge in [-0.1, -0.05) is 18.2 Å². The lowest BCUT2D eigenvalue weighted by atomic mass is 10.1. The number of halogens is 1. The molecule has 0 atom stereocenters. The van der Waals surface area contributed by atoms with E-state index >= 15 is 4.39 Å². The second-order valence-corrected chi connectivity index (χ2v) is 9.62. The van der Waals surface area contributed by atoms with Gasteiger partial charge in [-0.3, -0.25) is 9.59 Å². The maximum absolute atomic E-state index is 15.2. The molecule has 0 aliphatic carbocycles. The maximum atomic E-state index is 15.2. The van der Waals surface area contributed by atoms with Crippen LogP contribution in [-0.4, -0.2) is 57.2 Å². The number of carboxylic acids is 1. The molecule has 0 bridgehead atoms. The Bertz CT molecular complexity index is 1790. The van der Waals surface area contributed by atoms with Gasteiger partial charge in [0.15, 0.2) is 0 Å². The molecule has 4 aromatic rings. The highest BCUT2D eigenvalue weighted by Crippen LogP contribution is 2.27. The molecule has 40 heavy (non-hydrogen) atoms. The highest BCUT2D eigenvalue weighted by Gasteiger charge is 2.26. The summed E-state index contributed by atoms with van der Waals surface area (Å²) in [4.78, 5) is 40.8. The van der Waals surface area contributed by atoms with Crippen molar-refractivity contribution in [3.63, 3.8) is 0 Å². The maximum Gasteiger partial charge on any atom is 0.341 e. The number of carbonyl (C=O) groups excluding carboxylic acids is 1. The van der Waals surface area contributed by atoms with E-state index in [-0.39, 0.29) is 35.6 Å². The van der Waals surface area contributed by atoms with Crippen LogP contribution < -0.4 is 10.3 Å². The monoisotopic (exact) mass is 541 g/mol. The van der Waals surface area contributed by atoms with Crippen LogP contribution >= 0.6 is 0 Å². The van der Waals surface area contributed by atoms with Gasteiger partial charge in [0.1, 0.15) is 23.0 Å². The Morgan fingerprint density at radius 3 is 2.33 bits per heavy atom. The highest BCUT2D eigenvalue weighted by molar-refractivity contribution is 6.04. The standard InChI is InChI=1S/C30H28FN5O4/c1-3-33-17-20(21-7-5-6-8-25(21)33)13-19(16-32)29(38)36-11-9-35(10-12-36)27-15-26-22(14-24(27)31)28(37)23(30(39)40)18-34(26)4-2/h5-8,13-15,17-18H,3-4,9-12H2,1-2H3,(H,39,40)/b19-13+. The highest BCUT2D eigenvalue weighted by atomic mass is 19.1. The third-order valence-corrected chi connectivity index (χ3v) is 7.44. The van der Waals surface area contributed by atoms with Crippen molar-refractivity contribution in [2.24, 2.45) is 0 Å². The third-order valence-electron chi connectivity index (χ3n) is 7.44. The van der Waals surface area contributed by atoms with Crippen molar-refractivity contribution in [3.05, 3.63) is 81.5 Å². The average molecular weight is 542 g/mol. The SMILES string of the molecule is CCn1cc(/C=C(\C#N)C(=O)N2CCN(c3cc4c(cc3F)c(=O)c(C(=O)O)cn4CC)CC2)c2ccccc21. The van der Waals surface area contributed by atoms with E-state index in [0.717, 1.165) is 29.1 Å². The molecule has 2 aromatic heterocycles. The van der Waals surface area contributed by atoms with Gasteiger partial charge in [-0.15, -0.1) is 0 Å². The Hall–Kier alpha value is -4.91. The summed E-state index contributed by atoms with van der Waals surface area (Å²) in [5.74, 6) is -2.38. The van der Waals surface area contributed by atoms with Crippen LogP contribution in [-0.2, 0) is 17.9 Å². The molecule has 204 valence electrons. The average Bonchev–Trinajstić information content (AvgIpc) is 3.33. The summed E-state index contributed by atoms with van der Waals surface area (Å²) >= 11 is 0. The number of carboxylic acid groups (broad SMARTS) is 1. The fraction of sp³-hybridized carbons (Fsp3) is 0.267. The van der Waals surface area contributed by atoms with E-state index in [4.69, 9.17) is 0 Å². The van der Waals surface area contributed by atoms with Crippen LogP contribution in [0.4, 0.5) is 10.1 Å². The van der Waals surface area contributed by atoms with Crippen LogP contribution in [0.3, 0.4) is 0 Å². The van der Waals surface area contributed by atoms with E-state index in [1.54, 1.807) is 26.5 Å². The predicted molar refractivity (Wildman–Crippen MR) is 151 cm³/mol. The molecule has 9 nitrogen and oxygen atoms in total. The van der Waals surface area contributed by atoms with E-state index in [2.05, 4.69) is 10.6 Å². The lowest BCUT2D eigenvalue weighted by Crippen LogP contribution is -2.49. The number of carbonyl (C=O) groups is 2. The quantitative estimate of drug-likeness (QED) is 0.291. The Balaban J connectivity index is 1.39. The number of amides is 1. The van der Waals surface area contributed by atoms with E-state index in [1.165, 1.54) is 6.20 Å². The normalized spacial score (nSPS) is 14.1. The van der Waals surface area contributed by atoms with Crippen molar-refractivity contribution in [2.75, 3.05) is 31.1 Å². The summed E-state index contributed by atoms with van der Waals surface area (Å²) in [7, 11) is 0. The summed E-state index contributed by atoms with van der Waals surface area (Å²) in [5.41, 5.74) is 1.43. The zero-order chi connectivity index (χ0) is 28.6. The van der Waals surface area contributed by atoms with Crippen LogP contribution in [0.2, 0.25) is 0 Å². The van der Waals surface area contributed by atoms with Gasteiger partial charge >= 0.3 is 5.97 Å².